The van der Waals surface area contributed by atoms with Crippen molar-refractivity contribution in [1.82, 2.24) is 9.88 Å². The number of esters is 1. The first kappa shape index (κ1) is 22.0. The Hall–Kier alpha value is -2.72. The van der Waals surface area contributed by atoms with Crippen LogP contribution in [-0.4, -0.2) is 29.7 Å². The number of hydrogen-bond donors (Lipinski definition) is 1. The van der Waals surface area contributed by atoms with Gasteiger partial charge in [-0.2, -0.15) is 0 Å². The maximum atomic E-state index is 14.7. The number of benzene rings is 1. The zero-order chi connectivity index (χ0) is 20.5. The van der Waals surface area contributed by atoms with Crippen LogP contribution in [0.25, 0.3) is 10.9 Å². The number of fused-ring (bicyclic) bond motifs is 1. The fourth-order valence-electron chi connectivity index (χ4n) is 3.77. The molecule has 1 aromatic heterocycles. The second kappa shape index (κ2) is 8.97. The van der Waals surface area contributed by atoms with Gasteiger partial charge in [-0.25, -0.2) is 13.6 Å². The monoisotopic (exact) mass is 416 g/mol. The summed E-state index contributed by atoms with van der Waals surface area (Å²) in [5, 5.41) is 3.26. The van der Waals surface area contributed by atoms with Gasteiger partial charge in [0.25, 0.3) is 0 Å². The molecular weight excluding hydrogens is 390 g/mol. The molecule has 1 atom stereocenters. The average Bonchev–Trinajstić information content (AvgIpc) is 3.41. The van der Waals surface area contributed by atoms with Crippen molar-refractivity contribution in [3.8, 4) is 11.8 Å². The minimum absolute atomic E-state index is 0. The molecule has 0 spiro atoms. The van der Waals surface area contributed by atoms with Crippen molar-refractivity contribution in [1.29, 1.82) is 0 Å². The first-order chi connectivity index (χ1) is 14.0. The fourth-order valence-corrected chi connectivity index (χ4v) is 3.77. The number of carbonyl (C=O) groups excluding carboxylic acids is 1. The van der Waals surface area contributed by atoms with Gasteiger partial charge in [-0.3, -0.25) is 4.79 Å². The minimum Gasteiger partial charge on any atom is -0.462 e. The molecule has 0 bridgehead atoms. The molecule has 2 aromatic rings. The van der Waals surface area contributed by atoms with Gasteiger partial charge in [0.1, 0.15) is 5.56 Å². The highest BCUT2D eigenvalue weighted by Gasteiger charge is 2.29. The third-order valence-corrected chi connectivity index (χ3v) is 5.37. The molecule has 1 aromatic carbocycles. The predicted molar refractivity (Wildman–Crippen MR) is 112 cm³/mol. The normalized spacial score (nSPS) is 17.9. The molecule has 2 aliphatic rings. The minimum atomic E-state index is -1.15. The standard InChI is InChI=1S/C22H22F2N2O3.CH4/c1-2-29-22(28)17-12-26(14-8-9-14)20-15(7-3-5-13-6-4-10-25-13)19(24)18(23)11-16(20)21(17)27;/h11-14,25H,2,4-6,8-10H2,1H3;1H4. The first-order valence-electron chi connectivity index (χ1n) is 9.97. The molecule has 0 amide bonds. The van der Waals surface area contributed by atoms with E-state index in [0.29, 0.717) is 6.42 Å². The maximum absolute atomic E-state index is 14.7. The zero-order valence-corrected chi connectivity index (χ0v) is 16.2. The van der Waals surface area contributed by atoms with Crippen LogP contribution < -0.4 is 10.7 Å². The van der Waals surface area contributed by atoms with E-state index in [-0.39, 0.29) is 48.1 Å². The SMILES string of the molecule is C.CCOC(=O)c1cn(C2CC2)c2c(C#CCC3CCCN3)c(F)c(F)cc2c1=O. The van der Waals surface area contributed by atoms with E-state index in [9.17, 15) is 18.4 Å². The van der Waals surface area contributed by atoms with Gasteiger partial charge < -0.3 is 14.6 Å². The molecule has 1 aliphatic heterocycles. The summed E-state index contributed by atoms with van der Waals surface area (Å²) in [7, 11) is 0. The quantitative estimate of drug-likeness (QED) is 0.606. The van der Waals surface area contributed by atoms with Gasteiger partial charge in [-0.05, 0) is 45.2 Å². The lowest BCUT2D eigenvalue weighted by Gasteiger charge is -2.15. The van der Waals surface area contributed by atoms with E-state index >= 15 is 0 Å². The second-order valence-corrected chi connectivity index (χ2v) is 7.47. The first-order valence-corrected chi connectivity index (χ1v) is 9.97. The summed E-state index contributed by atoms with van der Waals surface area (Å²) < 4.78 is 35.7. The fraction of sp³-hybridized carbons (Fsp3) is 0.478. The van der Waals surface area contributed by atoms with Crippen LogP contribution in [0.15, 0.2) is 17.1 Å². The molecular formula is C23H26F2N2O3. The summed E-state index contributed by atoms with van der Waals surface area (Å²) in [6, 6.07) is 1.12. The Morgan fingerprint density at radius 3 is 2.73 bits per heavy atom. The molecule has 30 heavy (non-hydrogen) atoms. The number of halogens is 2. The van der Waals surface area contributed by atoms with E-state index in [2.05, 4.69) is 17.2 Å². The number of nitrogens with one attached hydrogen (secondary N) is 1. The number of pyridine rings is 1. The van der Waals surface area contributed by atoms with Gasteiger partial charge in [0.2, 0.25) is 5.43 Å². The molecule has 160 valence electrons. The summed E-state index contributed by atoms with van der Waals surface area (Å²) in [5.41, 5.74) is -0.727. The van der Waals surface area contributed by atoms with Gasteiger partial charge in [-0.15, -0.1) is 0 Å². The van der Waals surface area contributed by atoms with Crippen molar-refractivity contribution in [2.45, 2.75) is 58.5 Å². The Labute approximate surface area is 174 Å². The smallest absolute Gasteiger partial charge is 0.343 e. The van der Waals surface area contributed by atoms with Crippen molar-refractivity contribution in [3.05, 3.63) is 45.2 Å². The van der Waals surface area contributed by atoms with Crippen LogP contribution in [0, 0.1) is 23.5 Å². The average molecular weight is 416 g/mol. The highest BCUT2D eigenvalue weighted by molar-refractivity contribution is 5.95. The topological polar surface area (TPSA) is 60.3 Å². The molecule has 0 radical (unpaired) electrons. The van der Waals surface area contributed by atoms with Crippen LogP contribution in [0.3, 0.4) is 0 Å². The number of hydrogen-bond acceptors (Lipinski definition) is 4. The van der Waals surface area contributed by atoms with Crippen LogP contribution >= 0.6 is 0 Å². The van der Waals surface area contributed by atoms with Crippen molar-refractivity contribution in [2.24, 2.45) is 0 Å². The van der Waals surface area contributed by atoms with Crippen LogP contribution in [0.4, 0.5) is 8.78 Å². The number of rotatable bonds is 4. The molecule has 2 heterocycles. The predicted octanol–water partition coefficient (Wildman–Crippen LogP) is 3.92. The van der Waals surface area contributed by atoms with Crippen molar-refractivity contribution < 1.29 is 18.3 Å². The number of aromatic nitrogens is 1. The van der Waals surface area contributed by atoms with Gasteiger partial charge >= 0.3 is 5.97 Å². The molecule has 1 aliphatic carbocycles. The lowest BCUT2D eigenvalue weighted by Crippen LogP contribution is -2.22. The Balaban J connectivity index is 0.00000256. The molecule has 7 heteroatoms. The third kappa shape index (κ3) is 4.10. The summed E-state index contributed by atoms with van der Waals surface area (Å²) in [5.74, 6) is 2.72. The van der Waals surface area contributed by atoms with Crippen LogP contribution in [-0.2, 0) is 4.74 Å². The van der Waals surface area contributed by atoms with Gasteiger partial charge in [0, 0.05) is 24.7 Å². The lowest BCUT2D eigenvalue weighted by molar-refractivity contribution is 0.0524. The summed E-state index contributed by atoms with van der Waals surface area (Å²) in [6.45, 7) is 2.69. The molecule has 1 saturated heterocycles. The highest BCUT2D eigenvalue weighted by Crippen LogP contribution is 2.38. The van der Waals surface area contributed by atoms with Crippen molar-refractivity contribution in [2.75, 3.05) is 13.2 Å². The lowest BCUT2D eigenvalue weighted by atomic mass is 10.0. The Morgan fingerprint density at radius 2 is 2.10 bits per heavy atom. The van der Waals surface area contributed by atoms with Gasteiger partial charge in [-0.1, -0.05) is 19.3 Å². The Morgan fingerprint density at radius 1 is 1.33 bits per heavy atom. The largest absolute Gasteiger partial charge is 0.462 e. The molecule has 1 saturated carbocycles. The molecule has 1 N–H and O–H groups in total. The van der Waals surface area contributed by atoms with E-state index in [1.54, 1.807) is 11.5 Å². The number of nitrogens with zero attached hydrogens (tertiary/aromatic N) is 1. The van der Waals surface area contributed by atoms with Gasteiger partial charge in [0.05, 0.1) is 23.1 Å². The molecule has 4 rings (SSSR count). The summed E-state index contributed by atoms with van der Waals surface area (Å²) >= 11 is 0. The Kier molecular flexibility index (Phi) is 6.57. The van der Waals surface area contributed by atoms with E-state index in [1.807, 2.05) is 0 Å². The number of carbonyl (C=O) groups is 1. The summed E-state index contributed by atoms with van der Waals surface area (Å²) in [4.78, 5) is 25.1. The Bertz CT molecular complexity index is 1090. The van der Waals surface area contributed by atoms with Crippen LogP contribution in [0.1, 0.15) is 68.4 Å². The van der Waals surface area contributed by atoms with Crippen molar-refractivity contribution >= 4 is 16.9 Å². The van der Waals surface area contributed by atoms with E-state index < -0.39 is 23.0 Å². The number of ether oxygens (including phenoxy) is 1. The van der Waals surface area contributed by atoms with Gasteiger partial charge in [0.15, 0.2) is 11.6 Å². The molecule has 1 unspecified atom stereocenters. The van der Waals surface area contributed by atoms with E-state index in [0.717, 1.165) is 38.3 Å². The molecule has 5 nitrogen and oxygen atoms in total. The third-order valence-electron chi connectivity index (χ3n) is 5.37. The second-order valence-electron chi connectivity index (χ2n) is 7.47. The highest BCUT2D eigenvalue weighted by atomic mass is 19.2. The van der Waals surface area contributed by atoms with Crippen molar-refractivity contribution in [3.63, 3.8) is 0 Å². The summed E-state index contributed by atoms with van der Waals surface area (Å²) in [6.07, 6.45) is 5.65. The van der Waals surface area contributed by atoms with E-state index in [1.165, 1.54) is 6.20 Å². The zero-order valence-electron chi connectivity index (χ0n) is 16.2. The molecule has 2 fully saturated rings. The van der Waals surface area contributed by atoms with E-state index in [4.69, 9.17) is 4.74 Å². The van der Waals surface area contributed by atoms with Crippen LogP contribution in [0.5, 0.6) is 0 Å². The maximum Gasteiger partial charge on any atom is 0.343 e. The van der Waals surface area contributed by atoms with Crippen LogP contribution in [0.2, 0.25) is 0 Å².